The molecular formula is C13H16N2. The van der Waals surface area contributed by atoms with Crippen molar-refractivity contribution in [3.8, 4) is 0 Å². The lowest BCUT2D eigenvalue weighted by atomic mass is 9.88. The van der Waals surface area contributed by atoms with Crippen molar-refractivity contribution in [1.29, 1.82) is 0 Å². The first-order valence-corrected chi connectivity index (χ1v) is 5.27. The van der Waals surface area contributed by atoms with Gasteiger partial charge in [0.05, 0.1) is 0 Å². The van der Waals surface area contributed by atoms with Crippen LogP contribution in [0.1, 0.15) is 25.8 Å². The average Bonchev–Trinajstić information content (AvgIpc) is 2.28. The van der Waals surface area contributed by atoms with Crippen LogP contribution in [0.3, 0.4) is 0 Å². The maximum Gasteiger partial charge on any atom is 0.0399 e. The Morgan fingerprint density at radius 3 is 2.73 bits per heavy atom. The Hall–Kier alpha value is -1.41. The molecule has 0 bridgehead atoms. The quantitative estimate of drug-likeness (QED) is 0.809. The molecule has 0 fully saturated rings. The van der Waals surface area contributed by atoms with Crippen LogP contribution in [0.5, 0.6) is 0 Å². The molecule has 0 radical (unpaired) electrons. The second-order valence-corrected chi connectivity index (χ2v) is 4.18. The van der Waals surface area contributed by atoms with Gasteiger partial charge in [0.25, 0.3) is 0 Å². The van der Waals surface area contributed by atoms with E-state index in [2.05, 4.69) is 31.0 Å². The molecule has 0 aliphatic heterocycles. The third-order valence-corrected chi connectivity index (χ3v) is 3.02. The number of fused-ring (bicyclic) bond motifs is 1. The van der Waals surface area contributed by atoms with E-state index < -0.39 is 0 Å². The van der Waals surface area contributed by atoms with Crippen molar-refractivity contribution in [2.45, 2.75) is 25.8 Å². The van der Waals surface area contributed by atoms with Crippen LogP contribution < -0.4 is 5.73 Å². The van der Waals surface area contributed by atoms with E-state index in [4.69, 9.17) is 5.73 Å². The molecule has 1 heterocycles. The Labute approximate surface area is 90.1 Å². The molecule has 78 valence electrons. The van der Waals surface area contributed by atoms with Crippen molar-refractivity contribution in [1.82, 2.24) is 4.98 Å². The van der Waals surface area contributed by atoms with Gasteiger partial charge in [-0.15, -0.1) is 0 Å². The Bertz CT molecular complexity index is 469. The summed E-state index contributed by atoms with van der Waals surface area (Å²) in [5, 5.41) is 2.36. The molecule has 1 aromatic heterocycles. The molecule has 0 aliphatic carbocycles. The Kier molecular flexibility index (Phi) is 2.45. The maximum atomic E-state index is 6.26. The van der Waals surface area contributed by atoms with Gasteiger partial charge in [0.2, 0.25) is 0 Å². The van der Waals surface area contributed by atoms with Crippen LogP contribution in [0, 0.1) is 0 Å². The molecule has 0 aliphatic rings. The summed E-state index contributed by atoms with van der Waals surface area (Å²) >= 11 is 0. The van der Waals surface area contributed by atoms with Crippen LogP contribution in [-0.4, -0.2) is 4.98 Å². The zero-order valence-corrected chi connectivity index (χ0v) is 9.20. The fourth-order valence-corrected chi connectivity index (χ4v) is 1.76. The third-order valence-electron chi connectivity index (χ3n) is 3.02. The van der Waals surface area contributed by atoms with Crippen molar-refractivity contribution >= 4 is 10.8 Å². The molecule has 2 nitrogen and oxygen atoms in total. The molecule has 0 saturated carbocycles. The number of rotatable bonds is 2. The van der Waals surface area contributed by atoms with Crippen LogP contribution in [0.4, 0.5) is 0 Å². The minimum Gasteiger partial charge on any atom is -0.322 e. The van der Waals surface area contributed by atoms with Gasteiger partial charge in [-0.25, -0.2) is 0 Å². The Balaban J connectivity index is 2.71. The summed E-state index contributed by atoms with van der Waals surface area (Å²) in [6.07, 6.45) is 4.67. The van der Waals surface area contributed by atoms with Crippen LogP contribution in [0.15, 0.2) is 36.7 Å². The van der Waals surface area contributed by atoms with Gasteiger partial charge in [-0.05, 0) is 24.3 Å². The minimum absolute atomic E-state index is 0.298. The Morgan fingerprint density at radius 2 is 2.00 bits per heavy atom. The van der Waals surface area contributed by atoms with Crippen LogP contribution in [-0.2, 0) is 5.54 Å². The predicted molar refractivity (Wildman–Crippen MR) is 63.6 cm³/mol. The lowest BCUT2D eigenvalue weighted by Gasteiger charge is -2.24. The van der Waals surface area contributed by atoms with Gasteiger partial charge >= 0.3 is 0 Å². The second kappa shape index (κ2) is 3.63. The van der Waals surface area contributed by atoms with Gasteiger partial charge < -0.3 is 5.73 Å². The van der Waals surface area contributed by atoms with Crippen molar-refractivity contribution in [3.63, 3.8) is 0 Å². The summed E-state index contributed by atoms with van der Waals surface area (Å²) < 4.78 is 0. The SMILES string of the molecule is CCC(C)(N)c1cncc2ccccc12. The van der Waals surface area contributed by atoms with E-state index >= 15 is 0 Å². The Morgan fingerprint density at radius 1 is 1.27 bits per heavy atom. The first kappa shape index (κ1) is 10.1. The van der Waals surface area contributed by atoms with E-state index in [9.17, 15) is 0 Å². The van der Waals surface area contributed by atoms with Gasteiger partial charge in [-0.3, -0.25) is 4.98 Å². The van der Waals surface area contributed by atoms with E-state index in [0.29, 0.717) is 0 Å². The number of nitrogens with two attached hydrogens (primary N) is 1. The van der Waals surface area contributed by atoms with Crippen molar-refractivity contribution in [2.24, 2.45) is 5.73 Å². The number of pyridine rings is 1. The molecular weight excluding hydrogens is 184 g/mol. The van der Waals surface area contributed by atoms with Crippen molar-refractivity contribution < 1.29 is 0 Å². The summed E-state index contributed by atoms with van der Waals surface area (Å²) in [4.78, 5) is 4.25. The smallest absolute Gasteiger partial charge is 0.0399 e. The first-order chi connectivity index (χ1) is 7.15. The monoisotopic (exact) mass is 200 g/mol. The highest BCUT2D eigenvalue weighted by Crippen LogP contribution is 2.27. The molecule has 0 amide bonds. The van der Waals surface area contributed by atoms with Gasteiger partial charge in [-0.1, -0.05) is 31.2 Å². The highest BCUT2D eigenvalue weighted by molar-refractivity contribution is 5.85. The van der Waals surface area contributed by atoms with Gasteiger partial charge in [0, 0.05) is 23.3 Å². The topological polar surface area (TPSA) is 38.9 Å². The van der Waals surface area contributed by atoms with Crippen LogP contribution in [0.2, 0.25) is 0 Å². The molecule has 2 aromatic rings. The highest BCUT2D eigenvalue weighted by atomic mass is 14.7. The molecule has 2 heteroatoms. The summed E-state index contributed by atoms with van der Waals surface area (Å²) in [6.45, 7) is 4.15. The van der Waals surface area contributed by atoms with Crippen molar-refractivity contribution in [3.05, 3.63) is 42.2 Å². The van der Waals surface area contributed by atoms with E-state index in [1.54, 1.807) is 0 Å². The zero-order chi connectivity index (χ0) is 10.9. The summed E-state index contributed by atoms with van der Waals surface area (Å²) in [5.74, 6) is 0. The molecule has 1 aromatic carbocycles. The summed E-state index contributed by atoms with van der Waals surface area (Å²) in [6, 6.07) is 8.23. The number of nitrogens with zero attached hydrogens (tertiary/aromatic N) is 1. The summed E-state index contributed by atoms with van der Waals surface area (Å²) in [5.41, 5.74) is 7.09. The van der Waals surface area contributed by atoms with Gasteiger partial charge in [-0.2, -0.15) is 0 Å². The second-order valence-electron chi connectivity index (χ2n) is 4.18. The number of hydrogen-bond donors (Lipinski definition) is 1. The normalized spacial score (nSPS) is 15.1. The van der Waals surface area contributed by atoms with E-state index in [-0.39, 0.29) is 5.54 Å². The number of benzene rings is 1. The predicted octanol–water partition coefficient (Wildman–Crippen LogP) is 2.82. The van der Waals surface area contributed by atoms with E-state index in [1.165, 1.54) is 5.39 Å². The summed E-state index contributed by atoms with van der Waals surface area (Å²) in [7, 11) is 0. The minimum atomic E-state index is -0.298. The molecule has 2 rings (SSSR count). The fourth-order valence-electron chi connectivity index (χ4n) is 1.76. The van der Waals surface area contributed by atoms with Gasteiger partial charge in [0.1, 0.15) is 0 Å². The fraction of sp³-hybridized carbons (Fsp3) is 0.308. The molecule has 2 N–H and O–H groups in total. The standard InChI is InChI=1S/C13H16N2/c1-3-13(2,14)12-9-15-8-10-6-4-5-7-11(10)12/h4-9H,3,14H2,1-2H3. The highest BCUT2D eigenvalue weighted by Gasteiger charge is 2.20. The zero-order valence-electron chi connectivity index (χ0n) is 9.20. The maximum absolute atomic E-state index is 6.26. The average molecular weight is 200 g/mol. The molecule has 1 unspecified atom stereocenters. The largest absolute Gasteiger partial charge is 0.322 e. The lowest BCUT2D eigenvalue weighted by molar-refractivity contribution is 0.479. The van der Waals surface area contributed by atoms with Crippen LogP contribution >= 0.6 is 0 Å². The first-order valence-electron chi connectivity index (χ1n) is 5.27. The lowest BCUT2D eigenvalue weighted by Crippen LogP contribution is -2.32. The number of aromatic nitrogens is 1. The molecule has 0 spiro atoms. The van der Waals surface area contributed by atoms with Crippen LogP contribution in [0.25, 0.3) is 10.8 Å². The van der Waals surface area contributed by atoms with E-state index in [0.717, 1.165) is 17.4 Å². The third kappa shape index (κ3) is 1.73. The van der Waals surface area contributed by atoms with E-state index in [1.807, 2.05) is 24.5 Å². The van der Waals surface area contributed by atoms with Gasteiger partial charge in [0.15, 0.2) is 0 Å². The van der Waals surface area contributed by atoms with Crippen molar-refractivity contribution in [2.75, 3.05) is 0 Å². The molecule has 1 atom stereocenters. The molecule has 15 heavy (non-hydrogen) atoms. The number of hydrogen-bond acceptors (Lipinski definition) is 2. The molecule has 0 saturated heterocycles.